The number of aromatic nitrogens is 2. The van der Waals surface area contributed by atoms with Gasteiger partial charge in [0.2, 0.25) is 0 Å². The van der Waals surface area contributed by atoms with Crippen LogP contribution < -0.4 is 0 Å². The fourth-order valence-electron chi connectivity index (χ4n) is 4.00. The van der Waals surface area contributed by atoms with E-state index < -0.39 is 0 Å². The van der Waals surface area contributed by atoms with E-state index in [4.69, 9.17) is 0 Å². The van der Waals surface area contributed by atoms with Gasteiger partial charge in [-0.3, -0.25) is 9.97 Å². The predicted molar refractivity (Wildman–Crippen MR) is 101 cm³/mol. The summed E-state index contributed by atoms with van der Waals surface area (Å²) in [6.45, 7) is 4.42. The first kappa shape index (κ1) is 16.1. The maximum absolute atomic E-state index is 4.64. The number of aryl methyl sites for hydroxylation is 1. The molecule has 0 N–H and O–H groups in total. The molecule has 4 rings (SSSR count). The first-order chi connectivity index (χ1) is 12.2. The molecule has 128 valence electrons. The van der Waals surface area contributed by atoms with Gasteiger partial charge in [-0.1, -0.05) is 31.9 Å². The second-order valence-electron chi connectivity index (χ2n) is 7.38. The number of nitrogens with zero attached hydrogens (tertiary/aromatic N) is 4. The third-order valence-corrected chi connectivity index (χ3v) is 5.50. The highest BCUT2D eigenvalue weighted by molar-refractivity contribution is 6.10. The average Bonchev–Trinajstić information content (AvgIpc) is 2.85. The van der Waals surface area contributed by atoms with Crippen LogP contribution in [0.4, 0.5) is 0 Å². The van der Waals surface area contributed by atoms with E-state index in [1.807, 2.05) is 24.5 Å². The van der Waals surface area contributed by atoms with Crippen molar-refractivity contribution in [2.24, 2.45) is 28.0 Å². The average molecular weight is 332 g/mol. The van der Waals surface area contributed by atoms with Gasteiger partial charge >= 0.3 is 0 Å². The molecule has 3 atom stereocenters. The molecule has 1 aliphatic heterocycles. The maximum Gasteiger partial charge on any atom is 0.0924 e. The van der Waals surface area contributed by atoms with Gasteiger partial charge in [0.15, 0.2) is 0 Å². The normalized spacial score (nSPS) is 26.2. The van der Waals surface area contributed by atoms with E-state index in [9.17, 15) is 0 Å². The Bertz CT molecular complexity index is 792. The van der Waals surface area contributed by atoms with Gasteiger partial charge < -0.3 is 0 Å². The van der Waals surface area contributed by atoms with Crippen molar-refractivity contribution < 1.29 is 0 Å². The summed E-state index contributed by atoms with van der Waals surface area (Å²) in [5, 5.41) is 9.27. The molecular weight excluding hydrogens is 308 g/mol. The molecule has 2 aromatic rings. The molecule has 0 saturated heterocycles. The van der Waals surface area contributed by atoms with Crippen LogP contribution in [0.3, 0.4) is 0 Å². The molecule has 3 heterocycles. The monoisotopic (exact) mass is 332 g/mol. The van der Waals surface area contributed by atoms with E-state index in [1.54, 1.807) is 0 Å². The SMILES string of the molecule is Cc1ccc(C2=NN=C(c3ccccn3)C3CCC(C)CCC23)nc1. The van der Waals surface area contributed by atoms with Gasteiger partial charge in [0.05, 0.1) is 22.8 Å². The lowest BCUT2D eigenvalue weighted by Crippen LogP contribution is -2.34. The van der Waals surface area contributed by atoms with Gasteiger partial charge in [-0.05, 0) is 49.4 Å². The van der Waals surface area contributed by atoms with Crippen molar-refractivity contribution in [1.82, 2.24) is 9.97 Å². The first-order valence-electron chi connectivity index (χ1n) is 9.22. The van der Waals surface area contributed by atoms with Crippen molar-refractivity contribution in [2.75, 3.05) is 0 Å². The third-order valence-electron chi connectivity index (χ3n) is 5.50. The molecule has 0 amide bonds. The number of hydrogen-bond acceptors (Lipinski definition) is 4. The third kappa shape index (κ3) is 3.26. The summed E-state index contributed by atoms with van der Waals surface area (Å²) in [5.74, 6) is 1.52. The zero-order valence-corrected chi connectivity index (χ0v) is 14.9. The van der Waals surface area contributed by atoms with Crippen LogP contribution in [0.25, 0.3) is 0 Å². The van der Waals surface area contributed by atoms with Crippen LogP contribution in [-0.2, 0) is 0 Å². The highest BCUT2D eigenvalue weighted by Crippen LogP contribution is 2.38. The van der Waals surface area contributed by atoms with Gasteiger partial charge in [-0.25, -0.2) is 0 Å². The highest BCUT2D eigenvalue weighted by Gasteiger charge is 2.37. The summed E-state index contributed by atoms with van der Waals surface area (Å²) in [6.07, 6.45) is 8.53. The van der Waals surface area contributed by atoms with Crippen molar-refractivity contribution in [2.45, 2.75) is 39.5 Å². The zero-order valence-electron chi connectivity index (χ0n) is 14.9. The summed E-state index contributed by atoms with van der Waals surface area (Å²) in [4.78, 5) is 9.16. The standard InChI is InChI=1S/C21H24N4/c1-14-6-9-16-17(10-7-14)21(19-11-8-15(2)13-23-19)25-24-20(16)18-5-3-4-12-22-18/h3-5,8,11-14,16-17H,6-7,9-10H2,1-2H3. The molecule has 4 nitrogen and oxygen atoms in total. The van der Waals surface area contributed by atoms with Crippen LogP contribution in [-0.4, -0.2) is 21.4 Å². The van der Waals surface area contributed by atoms with E-state index in [-0.39, 0.29) is 0 Å². The Balaban J connectivity index is 1.77. The van der Waals surface area contributed by atoms with Crippen LogP contribution >= 0.6 is 0 Å². The number of hydrogen-bond donors (Lipinski definition) is 0. The molecule has 0 bridgehead atoms. The summed E-state index contributed by atoms with van der Waals surface area (Å²) >= 11 is 0. The lowest BCUT2D eigenvalue weighted by Gasteiger charge is -2.29. The minimum atomic E-state index is 0.384. The van der Waals surface area contributed by atoms with Crippen LogP contribution in [0, 0.1) is 24.7 Å². The van der Waals surface area contributed by atoms with Gasteiger partial charge in [0, 0.05) is 24.2 Å². The van der Waals surface area contributed by atoms with Crippen LogP contribution in [0.1, 0.15) is 49.6 Å². The summed E-state index contributed by atoms with van der Waals surface area (Å²) in [6, 6.07) is 10.2. The summed E-state index contributed by atoms with van der Waals surface area (Å²) in [7, 11) is 0. The van der Waals surface area contributed by atoms with Crippen molar-refractivity contribution in [3.8, 4) is 0 Å². The Morgan fingerprint density at radius 2 is 1.48 bits per heavy atom. The van der Waals surface area contributed by atoms with Crippen molar-refractivity contribution >= 4 is 11.4 Å². The van der Waals surface area contributed by atoms with Crippen LogP contribution in [0.5, 0.6) is 0 Å². The molecule has 0 aromatic carbocycles. The molecule has 1 fully saturated rings. The fraction of sp³-hybridized carbons (Fsp3) is 0.429. The van der Waals surface area contributed by atoms with Gasteiger partial charge in [-0.2, -0.15) is 10.2 Å². The first-order valence-corrected chi connectivity index (χ1v) is 9.22. The molecule has 0 radical (unpaired) electrons. The smallest absolute Gasteiger partial charge is 0.0924 e. The zero-order chi connectivity index (χ0) is 17.2. The molecule has 4 heteroatoms. The van der Waals surface area contributed by atoms with E-state index in [0.717, 1.165) is 41.6 Å². The van der Waals surface area contributed by atoms with Gasteiger partial charge in [-0.15, -0.1) is 0 Å². The second-order valence-corrected chi connectivity index (χ2v) is 7.38. The Kier molecular flexibility index (Phi) is 4.43. The van der Waals surface area contributed by atoms with Crippen molar-refractivity contribution in [1.29, 1.82) is 0 Å². The second kappa shape index (κ2) is 6.87. The molecule has 25 heavy (non-hydrogen) atoms. The molecule has 2 aromatic heterocycles. The molecule has 1 saturated carbocycles. The topological polar surface area (TPSA) is 50.5 Å². The van der Waals surface area contributed by atoms with Crippen LogP contribution in [0.2, 0.25) is 0 Å². The molecule has 1 aliphatic carbocycles. The summed E-state index contributed by atoms with van der Waals surface area (Å²) in [5.41, 5.74) is 5.21. The van der Waals surface area contributed by atoms with Gasteiger partial charge in [0.25, 0.3) is 0 Å². The van der Waals surface area contributed by atoms with E-state index in [2.05, 4.69) is 52.2 Å². The van der Waals surface area contributed by atoms with E-state index in [0.29, 0.717) is 11.8 Å². The predicted octanol–water partition coefficient (Wildman–Crippen LogP) is 4.43. The number of rotatable bonds is 2. The number of fused-ring (bicyclic) bond motifs is 1. The lowest BCUT2D eigenvalue weighted by molar-refractivity contribution is 0.492. The van der Waals surface area contributed by atoms with E-state index in [1.165, 1.54) is 18.4 Å². The Morgan fingerprint density at radius 1 is 0.800 bits per heavy atom. The quantitative estimate of drug-likeness (QED) is 0.816. The maximum atomic E-state index is 4.64. The Morgan fingerprint density at radius 3 is 2.04 bits per heavy atom. The highest BCUT2D eigenvalue weighted by atomic mass is 15.2. The van der Waals surface area contributed by atoms with Gasteiger partial charge in [0.1, 0.15) is 0 Å². The lowest BCUT2D eigenvalue weighted by atomic mass is 9.78. The molecular formula is C21H24N4. The van der Waals surface area contributed by atoms with Crippen LogP contribution in [0.15, 0.2) is 52.9 Å². The minimum absolute atomic E-state index is 0.384. The number of pyridine rings is 2. The van der Waals surface area contributed by atoms with Crippen molar-refractivity contribution in [3.63, 3.8) is 0 Å². The van der Waals surface area contributed by atoms with E-state index >= 15 is 0 Å². The largest absolute Gasteiger partial charge is 0.255 e. The Labute approximate surface area is 149 Å². The molecule has 2 aliphatic rings. The summed E-state index contributed by atoms with van der Waals surface area (Å²) < 4.78 is 0. The van der Waals surface area contributed by atoms with Crippen molar-refractivity contribution in [3.05, 3.63) is 59.7 Å². The minimum Gasteiger partial charge on any atom is -0.255 e. The Hall–Kier alpha value is -2.36. The molecule has 3 unspecified atom stereocenters. The fourth-order valence-corrected chi connectivity index (χ4v) is 4.00. The molecule has 0 spiro atoms.